The van der Waals surface area contributed by atoms with Gasteiger partial charge < -0.3 is 0 Å². The van der Waals surface area contributed by atoms with Crippen molar-refractivity contribution >= 4 is 88.8 Å². The quantitative estimate of drug-likeness (QED) is 0.483. The summed E-state index contributed by atoms with van der Waals surface area (Å²) in [6.45, 7) is 0. The van der Waals surface area contributed by atoms with Crippen molar-refractivity contribution in [3.63, 3.8) is 0 Å². The van der Waals surface area contributed by atoms with E-state index in [2.05, 4.69) is 14.5 Å². The Balaban J connectivity index is 3.64. The third-order valence-corrected chi connectivity index (χ3v) is 6.33. The number of nitrogens with zero attached hydrogens (tertiary/aromatic N) is 5. The van der Waals surface area contributed by atoms with Crippen molar-refractivity contribution < 1.29 is 0 Å². The van der Waals surface area contributed by atoms with E-state index in [0.29, 0.717) is 0 Å². The van der Waals surface area contributed by atoms with Crippen molar-refractivity contribution in [1.29, 1.82) is 0 Å². The van der Waals surface area contributed by atoms with Gasteiger partial charge >= 0.3 is 0 Å². The fourth-order valence-corrected chi connectivity index (χ4v) is 4.61. The summed E-state index contributed by atoms with van der Waals surface area (Å²) in [7, 11) is 4.56. The van der Waals surface area contributed by atoms with Crippen LogP contribution >= 0.6 is 77.1 Å². The lowest BCUT2D eigenvalue weighted by molar-refractivity contribution is 0.561. The standard InChI is InChI=1S/C8H12Cl6N5P/c1-18(2)20(19(3)4)16-5(7(9,10)11)15-6(17-20)8(12,13)14/h1-4H3. The molecular weight excluding hydrogens is 410 g/mol. The highest BCUT2D eigenvalue weighted by Gasteiger charge is 2.41. The molecule has 0 radical (unpaired) electrons. The highest BCUT2D eigenvalue weighted by Crippen LogP contribution is 2.58. The first-order valence-electron chi connectivity index (χ1n) is 5.12. The van der Waals surface area contributed by atoms with E-state index in [1.165, 1.54) is 0 Å². The summed E-state index contributed by atoms with van der Waals surface area (Å²) in [6, 6.07) is 0. The minimum Gasteiger partial charge on any atom is -0.246 e. The molecule has 0 atom stereocenters. The second kappa shape index (κ2) is 6.38. The molecule has 0 fully saturated rings. The van der Waals surface area contributed by atoms with Crippen LogP contribution in [0.15, 0.2) is 14.5 Å². The van der Waals surface area contributed by atoms with Crippen LogP contribution in [-0.2, 0) is 0 Å². The number of amidine groups is 2. The Kier molecular flexibility index (Phi) is 6.15. The molecule has 0 unspecified atom stereocenters. The van der Waals surface area contributed by atoms with Gasteiger partial charge in [-0.15, -0.1) is 0 Å². The van der Waals surface area contributed by atoms with Crippen molar-refractivity contribution in [2.45, 2.75) is 7.59 Å². The monoisotopic (exact) mass is 419 g/mol. The van der Waals surface area contributed by atoms with E-state index < -0.39 is 15.1 Å². The molecule has 0 aliphatic carbocycles. The van der Waals surface area contributed by atoms with E-state index in [9.17, 15) is 0 Å². The van der Waals surface area contributed by atoms with Crippen molar-refractivity contribution in [1.82, 2.24) is 9.34 Å². The molecule has 1 heterocycles. The van der Waals surface area contributed by atoms with Gasteiger partial charge in [-0.1, -0.05) is 69.6 Å². The summed E-state index contributed by atoms with van der Waals surface area (Å²) in [4.78, 5) is 3.97. The average molecular weight is 422 g/mol. The minimum absolute atomic E-state index is 0.0606. The zero-order valence-electron chi connectivity index (χ0n) is 11.0. The van der Waals surface area contributed by atoms with Gasteiger partial charge in [0, 0.05) is 0 Å². The third-order valence-electron chi connectivity index (χ3n) is 2.25. The second-order valence-electron chi connectivity index (χ2n) is 4.19. The molecule has 5 nitrogen and oxygen atoms in total. The zero-order chi connectivity index (χ0) is 15.9. The number of hydrogen-bond donors (Lipinski definition) is 0. The SMILES string of the molecule is CN(C)P1(N(C)C)=NC(C(Cl)(Cl)Cl)=NC(C(Cl)(Cl)Cl)=N1. The molecular formula is C8H12Cl6N5P. The highest BCUT2D eigenvalue weighted by atomic mass is 35.6. The van der Waals surface area contributed by atoms with Gasteiger partial charge in [0.25, 0.3) is 0 Å². The summed E-state index contributed by atoms with van der Waals surface area (Å²) in [5.74, 6) is -0.121. The lowest BCUT2D eigenvalue weighted by Gasteiger charge is -2.35. The van der Waals surface area contributed by atoms with Gasteiger partial charge in [0.15, 0.2) is 11.7 Å². The molecule has 116 valence electrons. The molecule has 1 aliphatic rings. The topological polar surface area (TPSA) is 43.6 Å². The Hall–Kier alpha value is 1.23. The fraction of sp³-hybridized carbons (Fsp3) is 0.750. The first-order chi connectivity index (χ1) is 8.80. The van der Waals surface area contributed by atoms with Gasteiger partial charge in [-0.25, -0.2) is 14.3 Å². The number of aliphatic imine (C=N–C) groups is 1. The van der Waals surface area contributed by atoms with Crippen molar-refractivity contribution in [3.8, 4) is 0 Å². The van der Waals surface area contributed by atoms with Crippen LogP contribution in [0.1, 0.15) is 0 Å². The van der Waals surface area contributed by atoms with Gasteiger partial charge in [-0.05, 0) is 28.2 Å². The minimum atomic E-state index is -2.60. The van der Waals surface area contributed by atoms with E-state index in [1.54, 1.807) is 37.5 Å². The molecule has 0 aromatic heterocycles. The number of rotatable bonds is 2. The van der Waals surface area contributed by atoms with E-state index in [0.717, 1.165) is 0 Å². The molecule has 0 saturated carbocycles. The summed E-state index contributed by atoms with van der Waals surface area (Å²) in [5, 5.41) is 0. The van der Waals surface area contributed by atoms with Gasteiger partial charge in [-0.3, -0.25) is 0 Å². The number of halogens is 6. The molecule has 0 aromatic carbocycles. The van der Waals surface area contributed by atoms with Gasteiger partial charge in [0.1, 0.15) is 0 Å². The van der Waals surface area contributed by atoms with Crippen LogP contribution < -0.4 is 0 Å². The van der Waals surface area contributed by atoms with Crippen LogP contribution in [0.25, 0.3) is 0 Å². The number of alkyl halides is 6. The van der Waals surface area contributed by atoms with Crippen LogP contribution in [-0.4, -0.2) is 56.8 Å². The number of hydrogen-bond acceptors (Lipinski definition) is 5. The van der Waals surface area contributed by atoms with E-state index >= 15 is 0 Å². The Labute approximate surface area is 148 Å². The smallest absolute Gasteiger partial charge is 0.246 e. The molecule has 0 bridgehead atoms. The molecule has 12 heteroatoms. The molecule has 20 heavy (non-hydrogen) atoms. The molecule has 0 spiro atoms. The van der Waals surface area contributed by atoms with E-state index in [4.69, 9.17) is 69.6 Å². The van der Waals surface area contributed by atoms with Gasteiger partial charge in [-0.2, -0.15) is 9.51 Å². The Morgan fingerprint density at radius 2 is 1.20 bits per heavy atom. The summed E-state index contributed by atoms with van der Waals surface area (Å²) in [6.07, 6.45) is 0. The van der Waals surface area contributed by atoms with Crippen molar-refractivity contribution in [2.24, 2.45) is 14.5 Å². The predicted molar refractivity (Wildman–Crippen MR) is 92.2 cm³/mol. The molecule has 0 N–H and O–H groups in total. The highest BCUT2D eigenvalue weighted by molar-refractivity contribution is 7.61. The Morgan fingerprint density at radius 3 is 1.50 bits per heavy atom. The lowest BCUT2D eigenvalue weighted by Crippen LogP contribution is -2.31. The maximum Gasteiger partial charge on any atom is 0.250 e. The Morgan fingerprint density at radius 1 is 0.800 bits per heavy atom. The van der Waals surface area contributed by atoms with Crippen LogP contribution in [0.5, 0.6) is 0 Å². The molecule has 1 aliphatic heterocycles. The molecule has 1 rings (SSSR count). The van der Waals surface area contributed by atoms with Crippen LogP contribution in [0.3, 0.4) is 0 Å². The van der Waals surface area contributed by atoms with Crippen molar-refractivity contribution in [2.75, 3.05) is 28.2 Å². The fourth-order valence-electron chi connectivity index (χ4n) is 1.38. The predicted octanol–water partition coefficient (Wildman–Crippen LogP) is 4.61. The largest absolute Gasteiger partial charge is 0.250 e. The third kappa shape index (κ3) is 4.15. The normalized spacial score (nSPS) is 19.8. The molecule has 0 amide bonds. The van der Waals surface area contributed by atoms with Gasteiger partial charge in [0.2, 0.25) is 15.1 Å². The summed E-state index contributed by atoms with van der Waals surface area (Å²) < 4.78 is 8.70. The van der Waals surface area contributed by atoms with Gasteiger partial charge in [0.05, 0.1) is 0 Å². The second-order valence-corrected chi connectivity index (χ2v) is 11.8. The molecule has 0 saturated heterocycles. The first-order valence-corrected chi connectivity index (χ1v) is 8.98. The summed E-state index contributed by atoms with van der Waals surface area (Å²) in [5.41, 5.74) is 0. The van der Waals surface area contributed by atoms with Crippen LogP contribution in [0.4, 0.5) is 0 Å². The van der Waals surface area contributed by atoms with E-state index in [-0.39, 0.29) is 11.7 Å². The molecule has 0 aromatic rings. The zero-order valence-corrected chi connectivity index (χ0v) is 16.4. The lowest BCUT2D eigenvalue weighted by atomic mass is 10.6. The van der Waals surface area contributed by atoms with E-state index in [1.807, 2.05) is 0 Å². The Bertz CT molecular complexity index is 474. The summed E-state index contributed by atoms with van der Waals surface area (Å²) >= 11 is 35.2. The van der Waals surface area contributed by atoms with Crippen LogP contribution in [0.2, 0.25) is 0 Å². The maximum atomic E-state index is 5.87. The average Bonchev–Trinajstić information content (AvgIpc) is 2.25. The van der Waals surface area contributed by atoms with Crippen molar-refractivity contribution in [3.05, 3.63) is 0 Å². The maximum absolute atomic E-state index is 5.87. The van der Waals surface area contributed by atoms with Crippen LogP contribution in [0, 0.1) is 0 Å². The first kappa shape index (κ1) is 19.3.